The Labute approximate surface area is 117 Å². The Bertz CT molecular complexity index is 439. The van der Waals surface area contributed by atoms with Crippen LogP contribution in [0.25, 0.3) is 0 Å². The number of methoxy groups -OCH3 is 1. The van der Waals surface area contributed by atoms with E-state index in [1.54, 1.807) is 12.1 Å². The van der Waals surface area contributed by atoms with Crippen molar-refractivity contribution in [1.29, 1.82) is 0 Å². The molecule has 1 aromatic rings. The molecule has 0 spiro atoms. The molecule has 0 saturated heterocycles. The van der Waals surface area contributed by atoms with Gasteiger partial charge in [-0.3, -0.25) is 0 Å². The first-order chi connectivity index (χ1) is 9.11. The number of nitrogens with one attached hydrogen (secondary N) is 1. The zero-order valence-electron chi connectivity index (χ0n) is 12.1. The molecule has 0 aliphatic carbocycles. The number of hydrogen-bond acceptors (Lipinski definition) is 3. The summed E-state index contributed by atoms with van der Waals surface area (Å²) in [6.45, 7) is 5.04. The Morgan fingerprint density at radius 1 is 1.15 bits per heavy atom. The van der Waals surface area contributed by atoms with Crippen molar-refractivity contribution in [2.45, 2.75) is 39.0 Å². The number of benzene rings is 1. The fraction of sp³-hybridized carbons (Fsp3) is 0.571. The molecule has 0 amide bonds. The summed E-state index contributed by atoms with van der Waals surface area (Å²) in [6.07, 6.45) is -4.36. The minimum absolute atomic E-state index is 0.138. The molecule has 3 nitrogen and oxygen atoms in total. The highest BCUT2D eigenvalue weighted by Crippen LogP contribution is 2.27. The number of rotatable bonds is 5. The van der Waals surface area contributed by atoms with Crippen molar-refractivity contribution in [3.05, 3.63) is 23.8 Å². The maximum absolute atomic E-state index is 12.3. The summed E-state index contributed by atoms with van der Waals surface area (Å²) in [7, 11) is 1.45. The van der Waals surface area contributed by atoms with Gasteiger partial charge in [-0.2, -0.15) is 13.2 Å². The molecule has 6 heteroatoms. The first-order valence-corrected chi connectivity index (χ1v) is 6.22. The smallest absolute Gasteiger partial charge is 0.422 e. The van der Waals surface area contributed by atoms with Crippen molar-refractivity contribution in [3.63, 3.8) is 0 Å². The van der Waals surface area contributed by atoms with Gasteiger partial charge >= 0.3 is 6.18 Å². The summed E-state index contributed by atoms with van der Waals surface area (Å²) in [4.78, 5) is 0. The third-order valence-electron chi connectivity index (χ3n) is 2.47. The van der Waals surface area contributed by atoms with E-state index >= 15 is 0 Å². The topological polar surface area (TPSA) is 30.5 Å². The van der Waals surface area contributed by atoms with Gasteiger partial charge in [0.25, 0.3) is 0 Å². The second-order valence-corrected chi connectivity index (χ2v) is 5.48. The van der Waals surface area contributed by atoms with Crippen molar-refractivity contribution in [2.75, 3.05) is 13.7 Å². The van der Waals surface area contributed by atoms with Crippen LogP contribution in [0, 0.1) is 0 Å². The lowest BCUT2D eigenvalue weighted by molar-refractivity contribution is -0.153. The molecule has 1 aromatic carbocycles. The molecule has 1 rings (SSSR count). The van der Waals surface area contributed by atoms with Gasteiger partial charge < -0.3 is 14.8 Å². The lowest BCUT2D eigenvalue weighted by atomic mass is 10.1. The molecule has 0 saturated carbocycles. The Balaban J connectivity index is 2.86. The summed E-state index contributed by atoms with van der Waals surface area (Å²) >= 11 is 0. The van der Waals surface area contributed by atoms with Crippen molar-refractivity contribution in [2.24, 2.45) is 0 Å². The van der Waals surface area contributed by atoms with Crippen molar-refractivity contribution in [3.8, 4) is 11.5 Å². The minimum atomic E-state index is -4.36. The monoisotopic (exact) mass is 291 g/mol. The van der Waals surface area contributed by atoms with E-state index in [0.717, 1.165) is 0 Å². The molecule has 0 aliphatic heterocycles. The van der Waals surface area contributed by atoms with Gasteiger partial charge in [0.15, 0.2) is 6.61 Å². The summed E-state index contributed by atoms with van der Waals surface area (Å²) in [5.41, 5.74) is 0.520. The van der Waals surface area contributed by atoms with E-state index in [1.807, 2.05) is 20.8 Å². The average molecular weight is 291 g/mol. The second-order valence-electron chi connectivity index (χ2n) is 5.48. The summed E-state index contributed by atoms with van der Waals surface area (Å²) in [5, 5.41) is 3.21. The maximum Gasteiger partial charge on any atom is 0.422 e. The minimum Gasteiger partial charge on any atom is -0.497 e. The average Bonchev–Trinajstić information content (AvgIpc) is 2.32. The summed E-state index contributed by atoms with van der Waals surface area (Å²) in [6, 6.07) is 4.86. The molecule has 0 unspecified atom stereocenters. The lowest BCUT2D eigenvalue weighted by Gasteiger charge is -2.22. The number of ether oxygens (including phenoxy) is 2. The van der Waals surface area contributed by atoms with E-state index < -0.39 is 12.8 Å². The van der Waals surface area contributed by atoms with E-state index in [-0.39, 0.29) is 11.3 Å². The Kier molecular flexibility index (Phi) is 5.28. The molecule has 0 radical (unpaired) electrons. The Morgan fingerprint density at radius 3 is 2.30 bits per heavy atom. The van der Waals surface area contributed by atoms with Crippen LogP contribution in [0.1, 0.15) is 26.3 Å². The molecule has 0 aliphatic rings. The van der Waals surface area contributed by atoms with E-state index in [2.05, 4.69) is 5.32 Å². The van der Waals surface area contributed by atoms with Crippen LogP contribution in [0.2, 0.25) is 0 Å². The van der Waals surface area contributed by atoms with Crippen LogP contribution >= 0.6 is 0 Å². The van der Waals surface area contributed by atoms with E-state index in [9.17, 15) is 13.2 Å². The maximum atomic E-state index is 12.3. The van der Waals surface area contributed by atoms with Gasteiger partial charge in [0.2, 0.25) is 0 Å². The van der Waals surface area contributed by atoms with Gasteiger partial charge in [-0.25, -0.2) is 0 Å². The normalized spacial score (nSPS) is 12.3. The van der Waals surface area contributed by atoms with Crippen LogP contribution in [0.15, 0.2) is 18.2 Å². The first kappa shape index (κ1) is 16.6. The van der Waals surface area contributed by atoms with Crippen LogP contribution in [0.5, 0.6) is 11.5 Å². The fourth-order valence-electron chi connectivity index (χ4n) is 1.46. The molecule has 0 atom stereocenters. The predicted octanol–water partition coefficient (Wildman–Crippen LogP) is 3.52. The third kappa shape index (κ3) is 6.14. The predicted molar refractivity (Wildman–Crippen MR) is 71.1 cm³/mol. The Hall–Kier alpha value is -1.43. The summed E-state index contributed by atoms with van der Waals surface area (Å²) < 4.78 is 46.6. The standard InChI is InChI=1S/C14H20F3NO2/c1-13(2,3)18-8-10-5-6-11(19-4)7-12(10)20-9-14(15,16)17/h5-7,18H,8-9H2,1-4H3. The quantitative estimate of drug-likeness (QED) is 0.900. The van der Waals surface area contributed by atoms with E-state index in [0.29, 0.717) is 17.9 Å². The van der Waals surface area contributed by atoms with Crippen LogP contribution in [0.3, 0.4) is 0 Å². The molecule has 0 heterocycles. The molecule has 20 heavy (non-hydrogen) atoms. The molecule has 1 N–H and O–H groups in total. The highest BCUT2D eigenvalue weighted by Gasteiger charge is 2.29. The zero-order chi connectivity index (χ0) is 15.4. The van der Waals surface area contributed by atoms with Gasteiger partial charge in [0, 0.05) is 23.7 Å². The van der Waals surface area contributed by atoms with E-state index in [4.69, 9.17) is 9.47 Å². The third-order valence-corrected chi connectivity index (χ3v) is 2.47. The molecular formula is C14H20F3NO2. The highest BCUT2D eigenvalue weighted by atomic mass is 19.4. The molecule has 0 bridgehead atoms. The molecular weight excluding hydrogens is 271 g/mol. The lowest BCUT2D eigenvalue weighted by Crippen LogP contribution is -2.35. The summed E-state index contributed by atoms with van der Waals surface area (Å²) in [5.74, 6) is 0.639. The largest absolute Gasteiger partial charge is 0.497 e. The van der Waals surface area contributed by atoms with Crippen molar-refractivity contribution in [1.82, 2.24) is 5.32 Å². The molecule has 114 valence electrons. The van der Waals surface area contributed by atoms with E-state index in [1.165, 1.54) is 13.2 Å². The SMILES string of the molecule is COc1ccc(CNC(C)(C)C)c(OCC(F)(F)F)c1. The van der Waals surface area contributed by atoms with Gasteiger partial charge in [-0.05, 0) is 26.8 Å². The van der Waals surface area contributed by atoms with Crippen molar-refractivity contribution < 1.29 is 22.6 Å². The number of halogens is 3. The fourth-order valence-corrected chi connectivity index (χ4v) is 1.46. The van der Waals surface area contributed by atoms with Gasteiger partial charge in [-0.15, -0.1) is 0 Å². The zero-order valence-corrected chi connectivity index (χ0v) is 12.1. The second kappa shape index (κ2) is 6.35. The van der Waals surface area contributed by atoms with Crippen LogP contribution in [-0.2, 0) is 6.54 Å². The van der Waals surface area contributed by atoms with Crippen LogP contribution in [0.4, 0.5) is 13.2 Å². The highest BCUT2D eigenvalue weighted by molar-refractivity contribution is 5.40. The number of hydrogen-bond donors (Lipinski definition) is 1. The molecule has 0 aromatic heterocycles. The first-order valence-electron chi connectivity index (χ1n) is 6.22. The van der Waals surface area contributed by atoms with Crippen molar-refractivity contribution >= 4 is 0 Å². The number of alkyl halides is 3. The molecule has 0 fully saturated rings. The van der Waals surface area contributed by atoms with Gasteiger partial charge in [0.1, 0.15) is 11.5 Å². The van der Waals surface area contributed by atoms with Gasteiger partial charge in [0.05, 0.1) is 7.11 Å². The van der Waals surface area contributed by atoms with Crippen LogP contribution in [-0.4, -0.2) is 25.4 Å². The van der Waals surface area contributed by atoms with Crippen LogP contribution < -0.4 is 14.8 Å². The Morgan fingerprint density at radius 2 is 1.80 bits per heavy atom. The van der Waals surface area contributed by atoms with Gasteiger partial charge in [-0.1, -0.05) is 6.07 Å².